The van der Waals surface area contributed by atoms with Gasteiger partial charge < -0.3 is 15.6 Å². The zero-order valence-electron chi connectivity index (χ0n) is 11.8. The first kappa shape index (κ1) is 14.0. The molecule has 0 amide bonds. The van der Waals surface area contributed by atoms with Gasteiger partial charge in [-0.3, -0.25) is 0 Å². The van der Waals surface area contributed by atoms with Gasteiger partial charge in [-0.05, 0) is 29.2 Å². The number of aliphatic hydroxyl groups is 1. The zero-order valence-corrected chi connectivity index (χ0v) is 11.8. The van der Waals surface area contributed by atoms with E-state index in [-0.39, 0.29) is 18.2 Å². The van der Waals surface area contributed by atoms with Crippen LogP contribution >= 0.6 is 0 Å². The van der Waals surface area contributed by atoms with Crippen molar-refractivity contribution in [3.63, 3.8) is 0 Å². The van der Waals surface area contributed by atoms with Crippen LogP contribution < -0.4 is 10.5 Å². The van der Waals surface area contributed by atoms with Crippen molar-refractivity contribution in [2.75, 3.05) is 7.11 Å². The molecule has 110 valence electrons. The van der Waals surface area contributed by atoms with Crippen LogP contribution in [0.15, 0.2) is 42.5 Å². The first-order valence-corrected chi connectivity index (χ1v) is 6.94. The number of hydrogen-bond acceptors (Lipinski definition) is 3. The Labute approximate surface area is 123 Å². The van der Waals surface area contributed by atoms with Crippen LogP contribution in [0.25, 0.3) is 0 Å². The van der Waals surface area contributed by atoms with Gasteiger partial charge >= 0.3 is 0 Å². The molecular weight excluding hydrogens is 269 g/mol. The van der Waals surface area contributed by atoms with E-state index in [1.807, 2.05) is 24.3 Å². The second kappa shape index (κ2) is 5.13. The van der Waals surface area contributed by atoms with Crippen LogP contribution in [0.3, 0.4) is 0 Å². The quantitative estimate of drug-likeness (QED) is 0.912. The summed E-state index contributed by atoms with van der Waals surface area (Å²) in [6.45, 7) is 0. The fourth-order valence-electron chi connectivity index (χ4n) is 3.16. The fourth-order valence-corrected chi connectivity index (χ4v) is 3.16. The molecule has 3 N–H and O–H groups in total. The van der Waals surface area contributed by atoms with E-state index in [0.717, 1.165) is 11.1 Å². The summed E-state index contributed by atoms with van der Waals surface area (Å²) < 4.78 is 19.3. The van der Waals surface area contributed by atoms with Gasteiger partial charge in [0.1, 0.15) is 0 Å². The molecule has 1 aliphatic rings. The number of hydrogen-bond donors (Lipinski definition) is 2. The van der Waals surface area contributed by atoms with E-state index in [2.05, 4.69) is 0 Å². The Kier molecular flexibility index (Phi) is 3.43. The van der Waals surface area contributed by atoms with Crippen LogP contribution in [0.5, 0.6) is 5.75 Å². The maximum Gasteiger partial charge on any atom is 0.168 e. The summed E-state index contributed by atoms with van der Waals surface area (Å²) in [7, 11) is 1.43. The van der Waals surface area contributed by atoms with Crippen LogP contribution in [-0.2, 0) is 12.0 Å². The van der Waals surface area contributed by atoms with Crippen LogP contribution in [0.1, 0.15) is 29.2 Å². The number of methoxy groups -OCH3 is 1. The maximum atomic E-state index is 14.3. The Bertz CT molecular complexity index is 674. The number of nitrogens with two attached hydrogens (primary N) is 1. The first-order valence-electron chi connectivity index (χ1n) is 6.94. The highest BCUT2D eigenvalue weighted by Crippen LogP contribution is 2.44. The van der Waals surface area contributed by atoms with Crippen molar-refractivity contribution in [1.82, 2.24) is 0 Å². The molecule has 1 aliphatic carbocycles. The summed E-state index contributed by atoms with van der Waals surface area (Å²) in [6.07, 6.45) is 0.573. The van der Waals surface area contributed by atoms with Gasteiger partial charge in [0.25, 0.3) is 0 Å². The Balaban J connectivity index is 1.99. The number of fused-ring (bicyclic) bond motifs is 1. The van der Waals surface area contributed by atoms with Crippen molar-refractivity contribution >= 4 is 0 Å². The molecule has 0 aliphatic heterocycles. The van der Waals surface area contributed by atoms with E-state index in [1.165, 1.54) is 7.11 Å². The van der Waals surface area contributed by atoms with Gasteiger partial charge in [0.15, 0.2) is 11.6 Å². The molecule has 2 atom stereocenters. The van der Waals surface area contributed by atoms with Gasteiger partial charge in [0, 0.05) is 12.5 Å². The molecule has 3 nitrogen and oxygen atoms in total. The second-order valence-electron chi connectivity index (χ2n) is 5.54. The van der Waals surface area contributed by atoms with Gasteiger partial charge in [-0.2, -0.15) is 0 Å². The molecule has 0 fully saturated rings. The van der Waals surface area contributed by atoms with Gasteiger partial charge in [0.2, 0.25) is 0 Å². The smallest absolute Gasteiger partial charge is 0.168 e. The minimum Gasteiger partial charge on any atom is -0.494 e. The van der Waals surface area contributed by atoms with Crippen molar-refractivity contribution < 1.29 is 14.2 Å². The highest BCUT2D eigenvalue weighted by atomic mass is 19.1. The average Bonchev–Trinajstić information content (AvgIpc) is 2.74. The molecule has 0 spiro atoms. The van der Waals surface area contributed by atoms with Crippen molar-refractivity contribution in [3.8, 4) is 5.75 Å². The third-order valence-electron chi connectivity index (χ3n) is 4.17. The minimum atomic E-state index is -1.14. The Morgan fingerprint density at radius 1 is 1.29 bits per heavy atom. The lowest BCUT2D eigenvalue weighted by Crippen LogP contribution is -2.27. The monoisotopic (exact) mass is 287 g/mol. The molecule has 4 heteroatoms. The van der Waals surface area contributed by atoms with Crippen molar-refractivity contribution in [2.24, 2.45) is 5.73 Å². The summed E-state index contributed by atoms with van der Waals surface area (Å²) in [4.78, 5) is 0. The summed E-state index contributed by atoms with van der Waals surface area (Å²) in [6, 6.07) is 12.3. The minimum absolute atomic E-state index is 0.181. The van der Waals surface area contributed by atoms with Crippen LogP contribution in [0.4, 0.5) is 4.39 Å². The molecular formula is C17H18FNO2. The molecule has 0 aromatic heterocycles. The highest BCUT2D eigenvalue weighted by molar-refractivity contribution is 5.42. The fraction of sp³-hybridized carbons (Fsp3) is 0.294. The van der Waals surface area contributed by atoms with E-state index in [1.54, 1.807) is 18.2 Å². The topological polar surface area (TPSA) is 55.5 Å². The summed E-state index contributed by atoms with van der Waals surface area (Å²) >= 11 is 0. The predicted molar refractivity (Wildman–Crippen MR) is 78.5 cm³/mol. The highest BCUT2D eigenvalue weighted by Gasteiger charge is 2.41. The first-order chi connectivity index (χ1) is 10.0. The van der Waals surface area contributed by atoms with Crippen molar-refractivity contribution in [3.05, 3.63) is 65.0 Å². The zero-order chi connectivity index (χ0) is 15.0. The molecule has 0 heterocycles. The lowest BCUT2D eigenvalue weighted by atomic mass is 9.88. The van der Waals surface area contributed by atoms with E-state index < -0.39 is 11.4 Å². The molecule has 2 aromatic carbocycles. The predicted octanol–water partition coefficient (Wildman–Crippen LogP) is 2.67. The number of benzene rings is 2. The van der Waals surface area contributed by atoms with Crippen LogP contribution in [0.2, 0.25) is 0 Å². The Morgan fingerprint density at radius 2 is 2.05 bits per heavy atom. The largest absolute Gasteiger partial charge is 0.494 e. The molecule has 3 rings (SSSR count). The number of ether oxygens (including phenoxy) is 1. The molecule has 0 saturated carbocycles. The van der Waals surface area contributed by atoms with Crippen LogP contribution in [0, 0.1) is 5.82 Å². The molecule has 0 radical (unpaired) electrons. The molecule has 2 unspecified atom stereocenters. The molecule has 0 saturated heterocycles. The van der Waals surface area contributed by atoms with Crippen molar-refractivity contribution in [1.29, 1.82) is 0 Å². The SMILES string of the molecule is COc1cccc(CC2(O)CC(N)c3ccccc32)c1F. The third kappa shape index (κ3) is 2.30. The Morgan fingerprint density at radius 3 is 2.81 bits per heavy atom. The van der Waals surface area contributed by atoms with Gasteiger partial charge in [-0.1, -0.05) is 36.4 Å². The summed E-state index contributed by atoms with van der Waals surface area (Å²) in [5, 5.41) is 11.0. The van der Waals surface area contributed by atoms with E-state index in [4.69, 9.17) is 10.5 Å². The molecule has 21 heavy (non-hydrogen) atoms. The average molecular weight is 287 g/mol. The Hall–Kier alpha value is -1.91. The van der Waals surface area contributed by atoms with E-state index in [9.17, 15) is 9.50 Å². The van der Waals surface area contributed by atoms with E-state index in [0.29, 0.717) is 12.0 Å². The molecule has 2 aromatic rings. The van der Waals surface area contributed by atoms with E-state index >= 15 is 0 Å². The van der Waals surface area contributed by atoms with Gasteiger partial charge in [-0.15, -0.1) is 0 Å². The molecule has 0 bridgehead atoms. The van der Waals surface area contributed by atoms with Gasteiger partial charge in [-0.25, -0.2) is 4.39 Å². The lowest BCUT2D eigenvalue weighted by molar-refractivity contribution is 0.0333. The number of halogens is 1. The maximum absolute atomic E-state index is 14.3. The van der Waals surface area contributed by atoms with Crippen LogP contribution in [-0.4, -0.2) is 12.2 Å². The summed E-state index contributed by atoms with van der Waals surface area (Å²) in [5.41, 5.74) is 7.11. The summed E-state index contributed by atoms with van der Waals surface area (Å²) in [5.74, 6) is -0.238. The lowest BCUT2D eigenvalue weighted by Gasteiger charge is -2.25. The third-order valence-corrected chi connectivity index (χ3v) is 4.17. The van der Waals surface area contributed by atoms with Gasteiger partial charge in [0.05, 0.1) is 12.7 Å². The second-order valence-corrected chi connectivity index (χ2v) is 5.54. The standard InChI is InChI=1S/C17H18FNO2/c1-21-15-8-4-5-11(16(15)18)9-17(20)10-14(19)12-6-2-3-7-13(12)17/h2-8,14,20H,9-10,19H2,1H3. The normalized spacial score (nSPS) is 23.9. The van der Waals surface area contributed by atoms with Crippen molar-refractivity contribution in [2.45, 2.75) is 24.5 Å². The number of rotatable bonds is 3.